The minimum absolute atomic E-state index is 0.751. The van der Waals surface area contributed by atoms with Gasteiger partial charge in [0.1, 0.15) is 0 Å². The molecule has 0 rings (SSSR count). The molecule has 0 atom stereocenters. The average Bonchev–Trinajstić information content (AvgIpc) is 1.60. The van der Waals surface area contributed by atoms with E-state index >= 15 is 0 Å². The van der Waals surface area contributed by atoms with Crippen molar-refractivity contribution in [2.45, 2.75) is 0 Å². The summed E-state index contributed by atoms with van der Waals surface area (Å²) in [4.78, 5) is 0. The Bertz CT molecular complexity index is 286. The summed E-state index contributed by atoms with van der Waals surface area (Å²) in [6.07, 6.45) is 0. The highest BCUT2D eigenvalue weighted by atomic mass is 32.3. The van der Waals surface area contributed by atoms with Gasteiger partial charge in [-0.05, 0) is 0 Å². The van der Waals surface area contributed by atoms with Gasteiger partial charge in [0.2, 0.25) is 5.08 Å². The molecular formula is C2H5FO5S2. The van der Waals surface area contributed by atoms with Crippen LogP contribution in [0.2, 0.25) is 0 Å². The summed E-state index contributed by atoms with van der Waals surface area (Å²) in [5.41, 5.74) is 0. The van der Waals surface area contributed by atoms with Crippen molar-refractivity contribution in [2.24, 2.45) is 0 Å². The van der Waals surface area contributed by atoms with Crippen LogP contribution >= 0.6 is 0 Å². The molecule has 0 bridgehead atoms. The van der Waals surface area contributed by atoms with Gasteiger partial charge in [-0.2, -0.15) is 16.8 Å². The van der Waals surface area contributed by atoms with Gasteiger partial charge in [-0.1, -0.05) is 0 Å². The fraction of sp³-hybridized carbons (Fsp3) is 1.00. The molecule has 62 valence electrons. The predicted octanol–water partition coefficient (Wildman–Crippen LogP) is -0.781. The maximum absolute atomic E-state index is 11.6. The minimum Gasteiger partial charge on any atom is -0.273 e. The molecule has 8 heteroatoms. The molecule has 0 fully saturated rings. The van der Waals surface area contributed by atoms with Gasteiger partial charge in [-0.25, -0.2) is 0 Å². The lowest BCUT2D eigenvalue weighted by Gasteiger charge is -1.94. The molecule has 0 aromatic carbocycles. The van der Waals surface area contributed by atoms with Crippen LogP contribution in [0.1, 0.15) is 0 Å². The average molecular weight is 192 g/mol. The van der Waals surface area contributed by atoms with Crippen LogP contribution in [-0.4, -0.2) is 29.0 Å². The van der Waals surface area contributed by atoms with Gasteiger partial charge >= 0.3 is 10.2 Å². The molecule has 0 aliphatic heterocycles. The van der Waals surface area contributed by atoms with Crippen molar-refractivity contribution >= 4 is 20.3 Å². The Morgan fingerprint density at radius 1 is 1.30 bits per heavy atom. The summed E-state index contributed by atoms with van der Waals surface area (Å²) in [6, 6.07) is 0. The first kappa shape index (κ1) is 9.79. The lowest BCUT2D eigenvalue weighted by Crippen LogP contribution is -2.13. The molecule has 0 amide bonds. The van der Waals surface area contributed by atoms with Crippen molar-refractivity contribution in [3.8, 4) is 0 Å². The van der Waals surface area contributed by atoms with Crippen LogP contribution in [-0.2, 0) is 24.5 Å². The first-order valence-electron chi connectivity index (χ1n) is 1.97. The van der Waals surface area contributed by atoms with Crippen LogP contribution < -0.4 is 0 Å². The van der Waals surface area contributed by atoms with Crippen molar-refractivity contribution in [3.05, 3.63) is 0 Å². The molecule has 0 spiro atoms. The summed E-state index contributed by atoms with van der Waals surface area (Å²) in [5.74, 6) is 0. The standard InChI is InChI=1S/C2H5FO5S2/c1-8-10(6,7)2-9(3,4)5/h2H2,1H3. The second-order valence-electron chi connectivity index (χ2n) is 1.38. The maximum atomic E-state index is 11.6. The van der Waals surface area contributed by atoms with E-state index in [1.165, 1.54) is 0 Å². The summed E-state index contributed by atoms with van der Waals surface area (Å²) >= 11 is 0. The van der Waals surface area contributed by atoms with E-state index in [1.807, 2.05) is 0 Å². The number of hydrogen-bond acceptors (Lipinski definition) is 5. The monoisotopic (exact) mass is 192 g/mol. The van der Waals surface area contributed by atoms with Crippen LogP contribution in [0.3, 0.4) is 0 Å². The summed E-state index contributed by atoms with van der Waals surface area (Å²) in [6.45, 7) is 0. The molecular weight excluding hydrogens is 187 g/mol. The highest BCUT2D eigenvalue weighted by molar-refractivity contribution is 8.03. The fourth-order valence-electron chi connectivity index (χ4n) is 0.221. The van der Waals surface area contributed by atoms with Gasteiger partial charge < -0.3 is 0 Å². The van der Waals surface area contributed by atoms with Crippen molar-refractivity contribution in [3.63, 3.8) is 0 Å². The van der Waals surface area contributed by atoms with E-state index in [-0.39, 0.29) is 0 Å². The van der Waals surface area contributed by atoms with Crippen molar-refractivity contribution in [2.75, 3.05) is 12.2 Å². The Labute approximate surface area is 58.1 Å². The Morgan fingerprint density at radius 2 is 1.70 bits per heavy atom. The molecule has 5 nitrogen and oxygen atoms in total. The minimum atomic E-state index is -5.01. The van der Waals surface area contributed by atoms with E-state index in [0.717, 1.165) is 7.11 Å². The molecule has 10 heavy (non-hydrogen) atoms. The molecule has 0 N–H and O–H groups in total. The summed E-state index contributed by atoms with van der Waals surface area (Å²) < 4.78 is 55.0. The first-order valence-corrected chi connectivity index (χ1v) is 5.10. The summed E-state index contributed by atoms with van der Waals surface area (Å²) in [5, 5.41) is -1.63. The van der Waals surface area contributed by atoms with E-state index in [2.05, 4.69) is 4.18 Å². The van der Waals surface area contributed by atoms with Gasteiger partial charge in [0.25, 0.3) is 10.1 Å². The van der Waals surface area contributed by atoms with E-state index in [1.54, 1.807) is 0 Å². The second-order valence-corrected chi connectivity index (χ2v) is 4.85. The highest BCUT2D eigenvalue weighted by Gasteiger charge is 2.20. The van der Waals surface area contributed by atoms with Crippen LogP contribution in [0.4, 0.5) is 3.89 Å². The van der Waals surface area contributed by atoms with E-state index < -0.39 is 25.4 Å². The number of hydrogen-bond donors (Lipinski definition) is 0. The predicted molar refractivity (Wildman–Crippen MR) is 30.8 cm³/mol. The SMILES string of the molecule is COS(=O)(=O)CS(=O)(=O)F. The molecule has 0 aliphatic carbocycles. The Morgan fingerprint density at radius 3 is 1.80 bits per heavy atom. The van der Waals surface area contributed by atoms with E-state index in [0.29, 0.717) is 0 Å². The molecule has 0 aromatic heterocycles. The maximum Gasteiger partial charge on any atom is 0.319 e. The third-order valence-corrected chi connectivity index (χ3v) is 3.33. The van der Waals surface area contributed by atoms with Gasteiger partial charge in [-0.3, -0.25) is 4.18 Å². The zero-order valence-corrected chi connectivity index (χ0v) is 6.58. The van der Waals surface area contributed by atoms with Crippen LogP contribution in [0, 0.1) is 0 Å². The van der Waals surface area contributed by atoms with Crippen LogP contribution in [0.5, 0.6) is 0 Å². The van der Waals surface area contributed by atoms with Gasteiger partial charge in [0, 0.05) is 0 Å². The Hall–Kier alpha value is -0.210. The van der Waals surface area contributed by atoms with Gasteiger partial charge in [0.05, 0.1) is 7.11 Å². The second kappa shape index (κ2) is 2.81. The van der Waals surface area contributed by atoms with Crippen LogP contribution in [0.25, 0.3) is 0 Å². The third kappa shape index (κ3) is 4.65. The van der Waals surface area contributed by atoms with E-state index in [9.17, 15) is 20.7 Å². The topological polar surface area (TPSA) is 77.5 Å². The number of halogens is 1. The number of rotatable bonds is 3. The Balaban J connectivity index is 4.49. The largest absolute Gasteiger partial charge is 0.319 e. The molecule has 0 unspecified atom stereocenters. The molecule has 0 saturated carbocycles. The molecule has 0 radical (unpaired) electrons. The fourth-order valence-corrected chi connectivity index (χ4v) is 1.98. The summed E-state index contributed by atoms with van der Waals surface area (Å²) in [7, 11) is -8.50. The van der Waals surface area contributed by atoms with Gasteiger partial charge in [0.15, 0.2) is 0 Å². The molecule has 0 heterocycles. The molecule has 0 aromatic rings. The zero-order valence-electron chi connectivity index (χ0n) is 4.94. The van der Waals surface area contributed by atoms with Crippen molar-refractivity contribution in [1.29, 1.82) is 0 Å². The molecule has 0 saturated heterocycles. The third-order valence-electron chi connectivity index (χ3n) is 0.539. The van der Waals surface area contributed by atoms with Gasteiger partial charge in [-0.15, -0.1) is 3.89 Å². The molecule has 0 aliphatic rings. The van der Waals surface area contributed by atoms with Crippen LogP contribution in [0.15, 0.2) is 0 Å². The van der Waals surface area contributed by atoms with Crippen molar-refractivity contribution in [1.82, 2.24) is 0 Å². The van der Waals surface area contributed by atoms with E-state index in [4.69, 9.17) is 0 Å². The Kier molecular flexibility index (Phi) is 2.75. The lowest BCUT2D eigenvalue weighted by molar-refractivity contribution is 0.400. The lowest BCUT2D eigenvalue weighted by atomic mass is 11.8. The quantitative estimate of drug-likeness (QED) is 0.433. The smallest absolute Gasteiger partial charge is 0.273 e. The van der Waals surface area contributed by atoms with Crippen molar-refractivity contribution < 1.29 is 24.9 Å². The zero-order chi connectivity index (χ0) is 8.41. The first-order chi connectivity index (χ1) is 4.27. The normalized spacial score (nSPS) is 13.4. The highest BCUT2D eigenvalue weighted by Crippen LogP contribution is 1.99.